The molecule has 0 saturated heterocycles. The molecule has 0 amide bonds. The summed E-state index contributed by atoms with van der Waals surface area (Å²) in [6.07, 6.45) is 1.85. The number of hydrogen-bond donors (Lipinski definition) is 0. The number of hydrogen-bond acceptors (Lipinski definition) is 3. The van der Waals surface area contributed by atoms with Gasteiger partial charge in [0.25, 0.3) is 0 Å². The summed E-state index contributed by atoms with van der Waals surface area (Å²) in [5, 5.41) is 11.9. The molecule has 2 rings (SSSR count). The monoisotopic (exact) mass is 304 g/mol. The van der Waals surface area contributed by atoms with Crippen molar-refractivity contribution in [3.63, 3.8) is 0 Å². The van der Waals surface area contributed by atoms with Crippen LogP contribution in [0.5, 0.6) is 0 Å². The second-order valence-electron chi connectivity index (χ2n) is 3.49. The number of aromatic nitrogens is 1. The van der Waals surface area contributed by atoms with Gasteiger partial charge in [-0.25, -0.2) is 4.98 Å². The van der Waals surface area contributed by atoms with Gasteiger partial charge < -0.3 is 0 Å². The van der Waals surface area contributed by atoms with Gasteiger partial charge in [0.05, 0.1) is 5.57 Å². The fourth-order valence-corrected chi connectivity index (χ4v) is 2.53. The van der Waals surface area contributed by atoms with Gasteiger partial charge in [-0.3, -0.25) is 0 Å². The summed E-state index contributed by atoms with van der Waals surface area (Å²) >= 11 is 4.95. The maximum atomic E-state index is 9.17. The molecule has 2 nitrogen and oxygen atoms in total. The molecule has 0 aliphatic carbocycles. The van der Waals surface area contributed by atoms with E-state index in [0.717, 1.165) is 20.7 Å². The SMILES string of the molecule is Cc1csc(/C(C#N)=C/c2ccccc2Br)n1. The molecular weight excluding hydrogens is 296 g/mol. The smallest absolute Gasteiger partial charge is 0.134 e. The second kappa shape index (κ2) is 5.26. The highest BCUT2D eigenvalue weighted by molar-refractivity contribution is 9.10. The zero-order valence-corrected chi connectivity index (χ0v) is 11.5. The van der Waals surface area contributed by atoms with Crippen LogP contribution in [0.4, 0.5) is 0 Å². The molecule has 0 N–H and O–H groups in total. The standard InChI is InChI=1S/C13H9BrN2S/c1-9-8-17-13(16-9)11(7-15)6-10-4-2-3-5-12(10)14/h2-6,8H,1H3/b11-6+. The molecule has 0 atom stereocenters. The highest BCUT2D eigenvalue weighted by Gasteiger charge is 2.06. The highest BCUT2D eigenvalue weighted by Crippen LogP contribution is 2.24. The van der Waals surface area contributed by atoms with Crippen molar-refractivity contribution in [2.75, 3.05) is 0 Å². The topological polar surface area (TPSA) is 36.7 Å². The Bertz CT molecular complexity index is 608. The zero-order valence-electron chi connectivity index (χ0n) is 9.14. The summed E-state index contributed by atoms with van der Waals surface area (Å²) in [5.74, 6) is 0. The van der Waals surface area contributed by atoms with Crippen LogP contribution >= 0.6 is 27.3 Å². The highest BCUT2D eigenvalue weighted by atomic mass is 79.9. The number of nitrogens with zero attached hydrogens (tertiary/aromatic N) is 2. The molecule has 2 aromatic rings. The zero-order chi connectivity index (χ0) is 12.3. The third-order valence-corrected chi connectivity index (χ3v) is 3.89. The lowest BCUT2D eigenvalue weighted by Crippen LogP contribution is -1.82. The molecule has 0 aliphatic heterocycles. The Labute approximate surface area is 112 Å². The van der Waals surface area contributed by atoms with E-state index < -0.39 is 0 Å². The molecule has 0 aliphatic rings. The van der Waals surface area contributed by atoms with Gasteiger partial charge in [0.15, 0.2) is 0 Å². The van der Waals surface area contributed by atoms with E-state index in [9.17, 15) is 5.26 Å². The summed E-state index contributed by atoms with van der Waals surface area (Å²) in [7, 11) is 0. The lowest BCUT2D eigenvalue weighted by molar-refractivity contribution is 1.25. The number of rotatable bonds is 2. The number of benzene rings is 1. The lowest BCUT2D eigenvalue weighted by Gasteiger charge is -1.98. The molecule has 0 unspecified atom stereocenters. The van der Waals surface area contributed by atoms with Crippen LogP contribution in [0.1, 0.15) is 16.3 Å². The van der Waals surface area contributed by atoms with E-state index in [2.05, 4.69) is 27.0 Å². The van der Waals surface area contributed by atoms with E-state index in [1.807, 2.05) is 42.6 Å². The minimum atomic E-state index is 0.593. The number of nitriles is 1. The average molecular weight is 305 g/mol. The van der Waals surface area contributed by atoms with Gasteiger partial charge in [0.2, 0.25) is 0 Å². The van der Waals surface area contributed by atoms with E-state index in [1.165, 1.54) is 11.3 Å². The first-order valence-electron chi connectivity index (χ1n) is 4.99. The van der Waals surface area contributed by atoms with Crippen molar-refractivity contribution < 1.29 is 0 Å². The van der Waals surface area contributed by atoms with Crippen molar-refractivity contribution in [1.29, 1.82) is 5.26 Å². The van der Waals surface area contributed by atoms with E-state index >= 15 is 0 Å². The molecule has 1 heterocycles. The number of halogens is 1. The van der Waals surface area contributed by atoms with Crippen molar-refractivity contribution >= 4 is 38.9 Å². The van der Waals surface area contributed by atoms with Gasteiger partial charge >= 0.3 is 0 Å². The van der Waals surface area contributed by atoms with Crippen molar-refractivity contribution in [2.45, 2.75) is 6.92 Å². The van der Waals surface area contributed by atoms with E-state index in [1.54, 1.807) is 0 Å². The van der Waals surface area contributed by atoms with Gasteiger partial charge in [-0.05, 0) is 24.6 Å². The molecule has 4 heteroatoms. The fourth-order valence-electron chi connectivity index (χ4n) is 1.37. The number of allylic oxidation sites excluding steroid dienone is 1. The Morgan fingerprint density at radius 3 is 2.82 bits per heavy atom. The predicted molar refractivity (Wildman–Crippen MR) is 74.5 cm³/mol. The van der Waals surface area contributed by atoms with E-state index in [0.29, 0.717) is 5.57 Å². The molecule has 0 fully saturated rings. The van der Waals surface area contributed by atoms with Gasteiger partial charge in [-0.1, -0.05) is 34.1 Å². The Kier molecular flexibility index (Phi) is 3.72. The Balaban J connectivity index is 2.44. The van der Waals surface area contributed by atoms with Crippen LogP contribution < -0.4 is 0 Å². The fraction of sp³-hybridized carbons (Fsp3) is 0.0769. The first-order valence-corrected chi connectivity index (χ1v) is 6.67. The molecule has 0 saturated carbocycles. The molecule has 1 aromatic carbocycles. The lowest BCUT2D eigenvalue weighted by atomic mass is 10.1. The van der Waals surface area contributed by atoms with Crippen molar-refractivity contribution in [3.8, 4) is 6.07 Å². The minimum absolute atomic E-state index is 0.593. The molecular formula is C13H9BrN2S. The Hall–Kier alpha value is -1.44. The van der Waals surface area contributed by atoms with Gasteiger partial charge in [0.1, 0.15) is 11.1 Å². The normalized spacial score (nSPS) is 11.2. The van der Waals surface area contributed by atoms with Crippen LogP contribution in [-0.4, -0.2) is 4.98 Å². The van der Waals surface area contributed by atoms with Gasteiger partial charge in [-0.15, -0.1) is 11.3 Å². The van der Waals surface area contributed by atoms with Crippen molar-refractivity contribution in [3.05, 3.63) is 50.4 Å². The largest absolute Gasteiger partial charge is 0.241 e. The predicted octanol–water partition coefficient (Wildman–Crippen LogP) is 4.28. The van der Waals surface area contributed by atoms with Gasteiger partial charge in [-0.2, -0.15) is 5.26 Å². The Morgan fingerprint density at radius 1 is 1.47 bits per heavy atom. The van der Waals surface area contributed by atoms with Crippen LogP contribution in [-0.2, 0) is 0 Å². The number of thiazole rings is 1. The molecule has 1 aromatic heterocycles. The quantitative estimate of drug-likeness (QED) is 0.777. The summed E-state index contributed by atoms with van der Waals surface area (Å²) in [4.78, 5) is 4.32. The molecule has 0 spiro atoms. The molecule has 17 heavy (non-hydrogen) atoms. The van der Waals surface area contributed by atoms with Gasteiger partial charge in [0, 0.05) is 15.5 Å². The summed E-state index contributed by atoms with van der Waals surface area (Å²) in [5.41, 5.74) is 2.52. The second-order valence-corrected chi connectivity index (χ2v) is 5.20. The summed E-state index contributed by atoms with van der Waals surface area (Å²) in [6, 6.07) is 10.00. The third kappa shape index (κ3) is 2.82. The first-order chi connectivity index (χ1) is 8.20. The van der Waals surface area contributed by atoms with Crippen LogP contribution in [0.15, 0.2) is 34.1 Å². The van der Waals surface area contributed by atoms with Crippen LogP contribution in [0, 0.1) is 18.3 Å². The third-order valence-electron chi connectivity index (χ3n) is 2.17. The van der Waals surface area contributed by atoms with Crippen LogP contribution in [0.3, 0.4) is 0 Å². The van der Waals surface area contributed by atoms with E-state index in [4.69, 9.17) is 0 Å². The van der Waals surface area contributed by atoms with Crippen molar-refractivity contribution in [2.24, 2.45) is 0 Å². The number of aryl methyl sites for hydroxylation is 1. The summed E-state index contributed by atoms with van der Waals surface area (Å²) < 4.78 is 0.973. The molecule has 0 bridgehead atoms. The van der Waals surface area contributed by atoms with Crippen LogP contribution in [0.2, 0.25) is 0 Å². The maximum Gasteiger partial charge on any atom is 0.134 e. The summed E-state index contributed by atoms with van der Waals surface area (Å²) in [6.45, 7) is 1.92. The molecule has 84 valence electrons. The van der Waals surface area contributed by atoms with E-state index in [-0.39, 0.29) is 0 Å². The van der Waals surface area contributed by atoms with Crippen LogP contribution in [0.25, 0.3) is 11.6 Å². The Morgan fingerprint density at radius 2 is 2.24 bits per heavy atom. The maximum absolute atomic E-state index is 9.17. The molecule has 0 radical (unpaired) electrons. The van der Waals surface area contributed by atoms with Crippen molar-refractivity contribution in [1.82, 2.24) is 4.98 Å². The first kappa shape index (κ1) is 12.0. The minimum Gasteiger partial charge on any atom is -0.241 e. The average Bonchev–Trinajstić information content (AvgIpc) is 2.75.